The Bertz CT molecular complexity index is 750. The molecule has 0 saturated heterocycles. The summed E-state index contributed by atoms with van der Waals surface area (Å²) in [6, 6.07) is 2.00. The Labute approximate surface area is 147 Å². The molecule has 0 aromatic carbocycles. The van der Waals surface area contributed by atoms with Gasteiger partial charge < -0.3 is 10.1 Å². The van der Waals surface area contributed by atoms with E-state index in [4.69, 9.17) is 4.74 Å². The third-order valence-corrected chi connectivity index (χ3v) is 4.73. The first-order valence-electron chi connectivity index (χ1n) is 8.81. The van der Waals surface area contributed by atoms with Crippen molar-refractivity contribution in [2.45, 2.75) is 46.5 Å². The molecule has 0 radical (unpaired) electrons. The maximum atomic E-state index is 12.4. The van der Waals surface area contributed by atoms with E-state index >= 15 is 0 Å². The molecule has 25 heavy (non-hydrogen) atoms. The van der Waals surface area contributed by atoms with Crippen LogP contribution in [0.5, 0.6) is 0 Å². The van der Waals surface area contributed by atoms with Crippen LogP contribution < -0.4 is 5.32 Å². The number of hydrogen-bond acceptors (Lipinski definition) is 6. The number of nitrogens with zero attached hydrogens (tertiary/aromatic N) is 4. The third-order valence-electron chi connectivity index (χ3n) is 4.73. The van der Waals surface area contributed by atoms with E-state index in [0.29, 0.717) is 24.8 Å². The molecule has 2 heterocycles. The summed E-state index contributed by atoms with van der Waals surface area (Å²) in [5.41, 5.74) is 1.49. The number of esters is 1. The highest BCUT2D eigenvalue weighted by atomic mass is 16.5. The van der Waals surface area contributed by atoms with Gasteiger partial charge in [0.05, 0.1) is 30.1 Å². The largest absolute Gasteiger partial charge is 0.466 e. The molecule has 0 aliphatic heterocycles. The Balaban J connectivity index is 1.76. The highest BCUT2D eigenvalue weighted by Crippen LogP contribution is 2.39. The first-order valence-corrected chi connectivity index (χ1v) is 8.81. The molecule has 0 amide bonds. The smallest absolute Gasteiger partial charge is 0.313 e. The van der Waals surface area contributed by atoms with Crippen molar-refractivity contribution in [3.8, 4) is 5.82 Å². The molecule has 1 saturated carbocycles. The van der Waals surface area contributed by atoms with Crippen LogP contribution in [0.25, 0.3) is 5.82 Å². The minimum atomic E-state index is -0.452. The van der Waals surface area contributed by atoms with Crippen LogP contribution >= 0.6 is 0 Å². The third kappa shape index (κ3) is 3.65. The molecule has 1 N–H and O–H groups in total. The minimum absolute atomic E-state index is 0.109. The Hall–Kier alpha value is -2.44. The predicted molar refractivity (Wildman–Crippen MR) is 94.7 cm³/mol. The van der Waals surface area contributed by atoms with Gasteiger partial charge in [0.15, 0.2) is 5.82 Å². The molecule has 2 aromatic heterocycles. The maximum absolute atomic E-state index is 12.4. The number of hydrogen-bond donors (Lipinski definition) is 1. The molecule has 0 atom stereocenters. The summed E-state index contributed by atoms with van der Waals surface area (Å²) in [5, 5.41) is 7.73. The summed E-state index contributed by atoms with van der Waals surface area (Å²) < 4.78 is 7.07. The fourth-order valence-electron chi connectivity index (χ4n) is 3.45. The van der Waals surface area contributed by atoms with E-state index in [0.717, 1.165) is 37.1 Å². The molecule has 0 bridgehead atoms. The van der Waals surface area contributed by atoms with Gasteiger partial charge in [-0.15, -0.1) is 0 Å². The molecule has 0 spiro atoms. The molecule has 0 unspecified atom stereocenters. The van der Waals surface area contributed by atoms with Gasteiger partial charge in [-0.1, -0.05) is 12.8 Å². The van der Waals surface area contributed by atoms with Crippen LogP contribution in [-0.4, -0.2) is 38.9 Å². The summed E-state index contributed by atoms with van der Waals surface area (Å²) in [5.74, 6) is 1.19. The molecular formula is C18H25N5O2. The van der Waals surface area contributed by atoms with Gasteiger partial charge in [-0.25, -0.2) is 9.67 Å². The molecule has 1 fully saturated rings. The number of aromatic nitrogens is 4. The Morgan fingerprint density at radius 1 is 1.32 bits per heavy atom. The second-order valence-electron chi connectivity index (χ2n) is 6.66. The van der Waals surface area contributed by atoms with Crippen molar-refractivity contribution in [3.63, 3.8) is 0 Å². The molecule has 7 nitrogen and oxygen atoms in total. The quantitative estimate of drug-likeness (QED) is 0.812. The zero-order chi connectivity index (χ0) is 17.9. The number of nitrogens with one attached hydrogen (secondary N) is 1. The molecule has 7 heteroatoms. The Morgan fingerprint density at radius 2 is 2.08 bits per heavy atom. The van der Waals surface area contributed by atoms with Gasteiger partial charge in [-0.05, 0) is 39.7 Å². The number of anilines is 1. The van der Waals surface area contributed by atoms with Gasteiger partial charge in [-0.2, -0.15) is 5.10 Å². The monoisotopic (exact) mass is 343 g/mol. The average Bonchev–Trinajstić information content (AvgIpc) is 3.21. The van der Waals surface area contributed by atoms with Crippen molar-refractivity contribution in [2.75, 3.05) is 18.5 Å². The fraction of sp³-hybridized carbons (Fsp3) is 0.556. The normalized spacial score (nSPS) is 16.0. The van der Waals surface area contributed by atoms with E-state index in [-0.39, 0.29) is 5.97 Å². The van der Waals surface area contributed by atoms with Crippen molar-refractivity contribution < 1.29 is 9.53 Å². The van der Waals surface area contributed by atoms with Crippen LogP contribution in [0.1, 0.15) is 44.0 Å². The van der Waals surface area contributed by atoms with Gasteiger partial charge in [0.1, 0.15) is 5.82 Å². The zero-order valence-corrected chi connectivity index (χ0v) is 15.1. The Morgan fingerprint density at radius 3 is 2.72 bits per heavy atom. The molecule has 2 aromatic rings. The van der Waals surface area contributed by atoms with Crippen molar-refractivity contribution in [3.05, 3.63) is 29.8 Å². The zero-order valence-electron chi connectivity index (χ0n) is 15.1. The highest BCUT2D eigenvalue weighted by molar-refractivity contribution is 5.78. The Kier molecular flexibility index (Phi) is 5.01. The van der Waals surface area contributed by atoms with Gasteiger partial charge in [-0.3, -0.25) is 9.78 Å². The van der Waals surface area contributed by atoms with Crippen molar-refractivity contribution in [2.24, 2.45) is 5.41 Å². The summed E-state index contributed by atoms with van der Waals surface area (Å²) in [6.45, 7) is 6.70. The van der Waals surface area contributed by atoms with E-state index in [9.17, 15) is 4.79 Å². The SMILES string of the molecule is CCOC(=O)C1(CNc2cncc(-n3nc(C)cc3C)n2)CCCC1. The number of carbonyl (C=O) groups excluding carboxylic acids is 1. The first-order chi connectivity index (χ1) is 12.0. The first kappa shape index (κ1) is 17.4. The second-order valence-corrected chi connectivity index (χ2v) is 6.66. The number of ether oxygens (including phenoxy) is 1. The van der Waals surface area contributed by atoms with Crippen LogP contribution in [0, 0.1) is 19.3 Å². The van der Waals surface area contributed by atoms with Gasteiger partial charge in [0, 0.05) is 12.2 Å². The summed E-state index contributed by atoms with van der Waals surface area (Å²) in [6.07, 6.45) is 7.16. The number of rotatable bonds is 6. The highest BCUT2D eigenvalue weighted by Gasteiger charge is 2.42. The van der Waals surface area contributed by atoms with Crippen LogP contribution in [-0.2, 0) is 9.53 Å². The van der Waals surface area contributed by atoms with Crippen molar-refractivity contribution >= 4 is 11.8 Å². The lowest BCUT2D eigenvalue weighted by Gasteiger charge is -2.26. The van der Waals surface area contributed by atoms with E-state index in [1.54, 1.807) is 17.1 Å². The lowest BCUT2D eigenvalue weighted by atomic mass is 9.86. The number of carbonyl (C=O) groups is 1. The summed E-state index contributed by atoms with van der Waals surface area (Å²) in [7, 11) is 0. The molecule has 1 aliphatic rings. The van der Waals surface area contributed by atoms with Crippen molar-refractivity contribution in [1.82, 2.24) is 19.7 Å². The van der Waals surface area contributed by atoms with Crippen LogP contribution in [0.3, 0.4) is 0 Å². The van der Waals surface area contributed by atoms with Gasteiger partial charge in [0.25, 0.3) is 0 Å². The van der Waals surface area contributed by atoms with Gasteiger partial charge >= 0.3 is 5.97 Å². The topological polar surface area (TPSA) is 81.9 Å². The number of aryl methyl sites for hydroxylation is 2. The summed E-state index contributed by atoms with van der Waals surface area (Å²) in [4.78, 5) is 21.3. The van der Waals surface area contributed by atoms with Crippen LogP contribution in [0.15, 0.2) is 18.5 Å². The standard InChI is InChI=1S/C18H25N5O2/c1-4-25-17(24)18(7-5-6-8-18)12-20-15-10-19-11-16(21-15)23-14(3)9-13(2)22-23/h9-11H,4-8,12H2,1-3H3,(H,20,21). The maximum Gasteiger partial charge on any atom is 0.313 e. The van der Waals surface area contributed by atoms with E-state index in [2.05, 4.69) is 20.4 Å². The molecule has 1 aliphatic carbocycles. The molecule has 134 valence electrons. The van der Waals surface area contributed by atoms with Crippen LogP contribution in [0.4, 0.5) is 5.82 Å². The minimum Gasteiger partial charge on any atom is -0.466 e. The lowest BCUT2D eigenvalue weighted by molar-refractivity contribution is -0.154. The van der Waals surface area contributed by atoms with Gasteiger partial charge in [0.2, 0.25) is 0 Å². The van der Waals surface area contributed by atoms with E-state index in [1.165, 1.54) is 0 Å². The average molecular weight is 343 g/mol. The molecular weight excluding hydrogens is 318 g/mol. The van der Waals surface area contributed by atoms with Crippen molar-refractivity contribution in [1.29, 1.82) is 0 Å². The van der Waals surface area contributed by atoms with E-state index < -0.39 is 5.41 Å². The second kappa shape index (κ2) is 7.21. The van der Waals surface area contributed by atoms with Crippen LogP contribution in [0.2, 0.25) is 0 Å². The predicted octanol–water partition coefficient (Wildman–Crippen LogP) is 2.81. The molecule has 3 rings (SSSR count). The van der Waals surface area contributed by atoms with E-state index in [1.807, 2.05) is 26.8 Å². The lowest BCUT2D eigenvalue weighted by Crippen LogP contribution is -2.37. The fourth-order valence-corrected chi connectivity index (χ4v) is 3.45. The summed E-state index contributed by atoms with van der Waals surface area (Å²) >= 11 is 0.